The van der Waals surface area contributed by atoms with Crippen molar-refractivity contribution in [3.63, 3.8) is 0 Å². The molecule has 1 aliphatic rings. The fourth-order valence-corrected chi connectivity index (χ4v) is 4.59. The number of fused-ring (bicyclic) bond motifs is 1. The van der Waals surface area contributed by atoms with Crippen LogP contribution in [0.3, 0.4) is 0 Å². The summed E-state index contributed by atoms with van der Waals surface area (Å²) < 4.78 is 4.92. The van der Waals surface area contributed by atoms with E-state index in [4.69, 9.17) is 0 Å². The Morgan fingerprint density at radius 3 is 2.07 bits per heavy atom. The van der Waals surface area contributed by atoms with Gasteiger partial charge in [-0.05, 0) is 49.8 Å². The van der Waals surface area contributed by atoms with Crippen LogP contribution in [0.15, 0.2) is 91.0 Å². The first kappa shape index (κ1) is 17.7. The second-order valence-electron chi connectivity index (χ2n) is 7.96. The predicted octanol–water partition coefficient (Wildman–Crippen LogP) is 5.84. The molecule has 2 nitrogen and oxygen atoms in total. The van der Waals surface area contributed by atoms with E-state index < -0.39 is 0 Å². The van der Waals surface area contributed by atoms with Gasteiger partial charge >= 0.3 is 0 Å². The molecule has 0 amide bonds. The van der Waals surface area contributed by atoms with Crippen molar-refractivity contribution in [3.8, 4) is 17.1 Å². The van der Waals surface area contributed by atoms with Gasteiger partial charge in [-0.25, -0.2) is 4.57 Å². The van der Waals surface area contributed by atoms with E-state index in [-0.39, 0.29) is 5.54 Å². The standard InChI is InChI=1S/C27H25N2/c1-20-12-10-11-17-24(20)28-21(2)25-18-19-27(3,23-15-8-5-9-16-23)29(25)26(28)22-13-6-4-7-14-22/h4-19H,1-3H3/q+1. The van der Waals surface area contributed by atoms with Gasteiger partial charge < -0.3 is 0 Å². The summed E-state index contributed by atoms with van der Waals surface area (Å²) in [7, 11) is 0. The Morgan fingerprint density at radius 1 is 0.759 bits per heavy atom. The molecule has 3 aromatic carbocycles. The fourth-order valence-electron chi connectivity index (χ4n) is 4.59. The first-order valence-electron chi connectivity index (χ1n) is 10.2. The van der Waals surface area contributed by atoms with Crippen LogP contribution in [-0.4, -0.2) is 4.57 Å². The molecule has 0 aliphatic carbocycles. The minimum absolute atomic E-state index is 0.236. The fraction of sp³-hybridized carbons (Fsp3) is 0.148. The first-order valence-corrected chi connectivity index (χ1v) is 10.2. The summed E-state index contributed by atoms with van der Waals surface area (Å²) in [6.45, 7) is 6.72. The Kier molecular flexibility index (Phi) is 4.02. The normalized spacial score (nSPS) is 17.5. The maximum atomic E-state index is 2.50. The minimum Gasteiger partial charge on any atom is -0.210 e. The van der Waals surface area contributed by atoms with Gasteiger partial charge in [0.1, 0.15) is 5.69 Å². The van der Waals surface area contributed by atoms with Crippen LogP contribution in [0.25, 0.3) is 23.2 Å². The number of hydrogen-bond acceptors (Lipinski definition) is 0. The largest absolute Gasteiger partial charge is 0.295 e. The van der Waals surface area contributed by atoms with Crippen molar-refractivity contribution in [1.82, 2.24) is 4.57 Å². The smallest absolute Gasteiger partial charge is 0.210 e. The van der Waals surface area contributed by atoms with E-state index in [0.29, 0.717) is 0 Å². The van der Waals surface area contributed by atoms with Crippen molar-refractivity contribution >= 4 is 6.08 Å². The molecule has 1 aromatic heterocycles. The average Bonchev–Trinajstić information content (AvgIpc) is 3.26. The Bertz CT molecular complexity index is 1220. The molecule has 1 atom stereocenters. The van der Waals surface area contributed by atoms with Crippen LogP contribution in [0.1, 0.15) is 29.4 Å². The van der Waals surface area contributed by atoms with Gasteiger partial charge in [-0.2, -0.15) is 4.57 Å². The number of hydrogen-bond donors (Lipinski definition) is 0. The molecule has 2 heteroatoms. The molecule has 142 valence electrons. The number of para-hydroxylation sites is 1. The number of allylic oxidation sites excluding steroid dienone is 1. The zero-order chi connectivity index (χ0) is 20.0. The molecule has 0 radical (unpaired) electrons. The highest BCUT2D eigenvalue weighted by Crippen LogP contribution is 2.36. The number of nitrogens with zero attached hydrogens (tertiary/aromatic N) is 2. The molecular weight excluding hydrogens is 352 g/mol. The summed E-state index contributed by atoms with van der Waals surface area (Å²) in [5, 5.41) is 0. The van der Waals surface area contributed by atoms with Crippen LogP contribution < -0.4 is 4.57 Å². The summed E-state index contributed by atoms with van der Waals surface area (Å²) >= 11 is 0. The van der Waals surface area contributed by atoms with E-state index in [2.05, 4.69) is 127 Å². The molecule has 1 unspecified atom stereocenters. The molecule has 0 N–H and O–H groups in total. The molecule has 0 fully saturated rings. The van der Waals surface area contributed by atoms with Gasteiger partial charge in [0.25, 0.3) is 5.82 Å². The van der Waals surface area contributed by atoms with Crippen LogP contribution in [-0.2, 0) is 5.54 Å². The predicted molar refractivity (Wildman–Crippen MR) is 119 cm³/mol. The highest BCUT2D eigenvalue weighted by molar-refractivity contribution is 5.64. The number of benzene rings is 3. The number of aromatic nitrogens is 2. The number of imidazole rings is 1. The molecule has 4 aromatic rings. The van der Waals surface area contributed by atoms with Gasteiger partial charge in [0, 0.05) is 12.5 Å². The van der Waals surface area contributed by atoms with E-state index in [0.717, 1.165) is 0 Å². The summed E-state index contributed by atoms with van der Waals surface area (Å²) in [6, 6.07) is 30.2. The molecule has 0 bridgehead atoms. The lowest BCUT2D eigenvalue weighted by Crippen LogP contribution is -2.53. The molecule has 0 saturated heterocycles. The number of rotatable bonds is 3. The second-order valence-corrected chi connectivity index (χ2v) is 7.96. The zero-order valence-electron chi connectivity index (χ0n) is 17.1. The second kappa shape index (κ2) is 6.59. The molecule has 29 heavy (non-hydrogen) atoms. The van der Waals surface area contributed by atoms with Gasteiger partial charge in [0.2, 0.25) is 0 Å². The SMILES string of the molecule is Cc1ccccc1-n1c(C)c2[n+](c1-c1ccccc1)C(C)(c1ccccc1)C=C2. The Morgan fingerprint density at radius 2 is 1.38 bits per heavy atom. The number of aryl methyl sites for hydroxylation is 1. The summed E-state index contributed by atoms with van der Waals surface area (Å²) in [4.78, 5) is 0. The van der Waals surface area contributed by atoms with E-state index >= 15 is 0 Å². The lowest BCUT2D eigenvalue weighted by Gasteiger charge is -2.23. The van der Waals surface area contributed by atoms with Crippen molar-refractivity contribution in [1.29, 1.82) is 0 Å². The lowest BCUT2D eigenvalue weighted by molar-refractivity contribution is -0.725. The van der Waals surface area contributed by atoms with Crippen LogP contribution in [0.5, 0.6) is 0 Å². The minimum atomic E-state index is -0.236. The van der Waals surface area contributed by atoms with Crippen molar-refractivity contribution in [3.05, 3.63) is 114 Å². The van der Waals surface area contributed by atoms with Crippen molar-refractivity contribution in [2.24, 2.45) is 0 Å². The summed E-state index contributed by atoms with van der Waals surface area (Å²) in [6.07, 6.45) is 4.61. The third-order valence-electron chi connectivity index (χ3n) is 6.15. The molecule has 5 rings (SSSR count). The Balaban J connectivity index is 1.88. The lowest BCUT2D eigenvalue weighted by atomic mass is 9.92. The first-order chi connectivity index (χ1) is 14.1. The van der Waals surface area contributed by atoms with Crippen molar-refractivity contribution in [2.45, 2.75) is 26.3 Å². The van der Waals surface area contributed by atoms with Crippen LogP contribution in [0.2, 0.25) is 0 Å². The monoisotopic (exact) mass is 377 g/mol. The molecule has 1 aliphatic heterocycles. The highest BCUT2D eigenvalue weighted by Gasteiger charge is 2.44. The van der Waals surface area contributed by atoms with Gasteiger partial charge in [0.15, 0.2) is 16.9 Å². The average molecular weight is 378 g/mol. The van der Waals surface area contributed by atoms with E-state index in [1.54, 1.807) is 0 Å². The molecule has 0 saturated carbocycles. The zero-order valence-corrected chi connectivity index (χ0v) is 17.1. The maximum Gasteiger partial charge on any atom is 0.295 e. The van der Waals surface area contributed by atoms with Crippen molar-refractivity contribution in [2.75, 3.05) is 0 Å². The van der Waals surface area contributed by atoms with E-state index in [9.17, 15) is 0 Å². The van der Waals surface area contributed by atoms with Gasteiger partial charge in [-0.3, -0.25) is 0 Å². The molecule has 0 spiro atoms. The topological polar surface area (TPSA) is 8.81 Å². The van der Waals surface area contributed by atoms with Gasteiger partial charge in [-0.15, -0.1) is 0 Å². The Labute approximate surface area is 172 Å². The van der Waals surface area contributed by atoms with E-state index in [1.165, 1.54) is 39.6 Å². The Hall–Kier alpha value is -3.39. The van der Waals surface area contributed by atoms with Gasteiger partial charge in [0.05, 0.1) is 5.56 Å². The van der Waals surface area contributed by atoms with Crippen LogP contribution >= 0.6 is 0 Å². The third kappa shape index (κ3) is 2.60. The molecular formula is C27H25N2+. The third-order valence-corrected chi connectivity index (χ3v) is 6.15. The van der Waals surface area contributed by atoms with Crippen LogP contribution in [0, 0.1) is 13.8 Å². The quantitative estimate of drug-likeness (QED) is 0.397. The highest BCUT2D eigenvalue weighted by atomic mass is 15.2. The van der Waals surface area contributed by atoms with Crippen molar-refractivity contribution < 1.29 is 4.57 Å². The van der Waals surface area contributed by atoms with Crippen LogP contribution in [0.4, 0.5) is 0 Å². The molecule has 2 heterocycles. The summed E-state index contributed by atoms with van der Waals surface area (Å²) in [5.74, 6) is 1.21. The van der Waals surface area contributed by atoms with E-state index in [1.807, 2.05) is 0 Å². The summed E-state index contributed by atoms with van der Waals surface area (Å²) in [5.41, 5.74) is 7.30. The maximum absolute atomic E-state index is 2.50. The van der Waals surface area contributed by atoms with Gasteiger partial charge in [-0.1, -0.05) is 66.7 Å².